The van der Waals surface area contributed by atoms with Crippen LogP contribution in [0, 0.1) is 4.91 Å². The Morgan fingerprint density at radius 1 is 1.33 bits per heavy atom. The second-order valence-corrected chi connectivity index (χ2v) is 4.69. The van der Waals surface area contributed by atoms with Crippen molar-refractivity contribution < 1.29 is 0 Å². The zero-order valence-corrected chi connectivity index (χ0v) is 12.0. The Kier molecular flexibility index (Phi) is 8.01. The van der Waals surface area contributed by atoms with Crippen LogP contribution in [0.5, 0.6) is 0 Å². The van der Waals surface area contributed by atoms with Crippen molar-refractivity contribution in [1.82, 2.24) is 5.43 Å². The van der Waals surface area contributed by atoms with Crippen LogP contribution in [-0.2, 0) is 0 Å². The lowest BCUT2D eigenvalue weighted by Gasteiger charge is -2.30. The van der Waals surface area contributed by atoms with Crippen molar-refractivity contribution in [3.63, 3.8) is 0 Å². The average molecular weight is 250 g/mol. The first kappa shape index (κ1) is 16.6. The molecule has 3 nitrogen and oxygen atoms in total. The van der Waals surface area contributed by atoms with Gasteiger partial charge in [0.05, 0.1) is 10.8 Å². The van der Waals surface area contributed by atoms with Gasteiger partial charge in [0, 0.05) is 0 Å². The summed E-state index contributed by atoms with van der Waals surface area (Å²) in [7, 11) is 0. The molecule has 0 rings (SSSR count). The molecule has 0 aliphatic heterocycles. The maximum absolute atomic E-state index is 10.5. The van der Waals surface area contributed by atoms with Crippen molar-refractivity contribution in [1.29, 1.82) is 0 Å². The van der Waals surface area contributed by atoms with Crippen LogP contribution in [0.4, 0.5) is 0 Å². The largest absolute Gasteiger partial charge is 0.267 e. The van der Waals surface area contributed by atoms with Crippen LogP contribution in [0.3, 0.4) is 0 Å². The molecule has 0 saturated heterocycles. The summed E-state index contributed by atoms with van der Waals surface area (Å²) in [6.07, 6.45) is 8.35. The Labute approximate surface area is 111 Å². The molecule has 0 aromatic carbocycles. The predicted molar refractivity (Wildman–Crippen MR) is 79.2 cm³/mol. The number of hydrogen-bond donors (Lipinski definition) is 1. The zero-order chi connectivity index (χ0) is 14.0. The third-order valence-corrected chi connectivity index (χ3v) is 3.62. The first-order chi connectivity index (χ1) is 8.57. The first-order valence-corrected chi connectivity index (χ1v) is 6.61. The van der Waals surface area contributed by atoms with Crippen LogP contribution in [0.2, 0.25) is 0 Å². The summed E-state index contributed by atoms with van der Waals surface area (Å²) in [5, 5.41) is 2.86. The molecule has 0 aliphatic carbocycles. The highest BCUT2D eigenvalue weighted by molar-refractivity contribution is 5.17. The van der Waals surface area contributed by atoms with Crippen LogP contribution in [0.15, 0.2) is 41.7 Å². The van der Waals surface area contributed by atoms with Gasteiger partial charge in [0.1, 0.15) is 0 Å². The average Bonchev–Trinajstić information content (AvgIpc) is 2.39. The van der Waals surface area contributed by atoms with Gasteiger partial charge in [-0.2, -0.15) is 0 Å². The number of nitroso groups, excluding NO2 is 1. The van der Waals surface area contributed by atoms with Crippen LogP contribution in [-0.4, -0.2) is 5.54 Å². The van der Waals surface area contributed by atoms with E-state index in [4.69, 9.17) is 0 Å². The number of nitrogens with one attached hydrogen (secondary N) is 1. The molecule has 3 heteroatoms. The molecular formula is C15H26N2O. The maximum Gasteiger partial charge on any atom is 0.0612 e. The van der Waals surface area contributed by atoms with Crippen molar-refractivity contribution in [2.24, 2.45) is 5.29 Å². The molecule has 0 heterocycles. The summed E-state index contributed by atoms with van der Waals surface area (Å²) in [6, 6.07) is 0. The third kappa shape index (κ3) is 5.30. The molecule has 0 aromatic rings. The Morgan fingerprint density at radius 3 is 2.33 bits per heavy atom. The molecule has 0 spiro atoms. The van der Waals surface area contributed by atoms with Gasteiger partial charge in [0.2, 0.25) is 0 Å². The van der Waals surface area contributed by atoms with Crippen LogP contribution in [0.25, 0.3) is 0 Å². The minimum absolute atomic E-state index is 0.233. The van der Waals surface area contributed by atoms with Gasteiger partial charge in [-0.05, 0) is 39.0 Å². The van der Waals surface area contributed by atoms with Crippen LogP contribution in [0.1, 0.15) is 52.9 Å². The minimum Gasteiger partial charge on any atom is -0.267 e. The van der Waals surface area contributed by atoms with Gasteiger partial charge in [0.25, 0.3) is 0 Å². The van der Waals surface area contributed by atoms with Crippen LogP contribution < -0.4 is 5.43 Å². The molecule has 0 atom stereocenters. The number of hydrogen-bond acceptors (Lipinski definition) is 2. The smallest absolute Gasteiger partial charge is 0.0612 e. The fraction of sp³-hybridized carbons (Fsp3) is 0.600. The number of nitrogens with zero attached hydrogens (tertiary/aromatic N) is 1. The van der Waals surface area contributed by atoms with Gasteiger partial charge in [0.15, 0.2) is 0 Å². The van der Waals surface area contributed by atoms with E-state index >= 15 is 0 Å². The molecule has 0 saturated carbocycles. The fourth-order valence-electron chi connectivity index (χ4n) is 2.05. The Bertz CT molecular complexity index is 314. The number of rotatable bonds is 10. The molecule has 0 radical (unpaired) electrons. The van der Waals surface area contributed by atoms with E-state index in [0.717, 1.165) is 37.7 Å². The summed E-state index contributed by atoms with van der Waals surface area (Å²) >= 11 is 0. The molecule has 1 N–H and O–H groups in total. The Morgan fingerprint density at radius 2 is 1.94 bits per heavy atom. The molecule has 18 heavy (non-hydrogen) atoms. The standard InChI is InChI=1S/C15H26N2O/c1-6-14(7-2)11-10-13(5)12-15(8-3,9-4)16-17-18/h6-7H,1,5,8-12H2,2-4H3,(H,16,18)/b14-7-. The fourth-order valence-corrected chi connectivity index (χ4v) is 2.05. The lowest BCUT2D eigenvalue weighted by atomic mass is 9.85. The predicted octanol–water partition coefficient (Wildman–Crippen LogP) is 4.68. The lowest BCUT2D eigenvalue weighted by molar-refractivity contribution is 0.300. The van der Waals surface area contributed by atoms with E-state index in [2.05, 4.69) is 43.8 Å². The Balaban J connectivity index is 4.43. The highest BCUT2D eigenvalue weighted by Crippen LogP contribution is 2.26. The summed E-state index contributed by atoms with van der Waals surface area (Å²) in [5.41, 5.74) is 4.86. The van der Waals surface area contributed by atoms with Gasteiger partial charge in [-0.3, -0.25) is 5.43 Å². The van der Waals surface area contributed by atoms with Gasteiger partial charge in [-0.1, -0.05) is 50.3 Å². The molecule has 0 unspecified atom stereocenters. The lowest BCUT2D eigenvalue weighted by Crippen LogP contribution is -2.41. The van der Waals surface area contributed by atoms with Crippen molar-refractivity contribution in [2.75, 3.05) is 0 Å². The highest BCUT2D eigenvalue weighted by Gasteiger charge is 2.26. The summed E-state index contributed by atoms with van der Waals surface area (Å²) in [5.74, 6) is 0. The van der Waals surface area contributed by atoms with Crippen LogP contribution >= 0.6 is 0 Å². The molecule has 0 aromatic heterocycles. The SMILES string of the molecule is C=C/C(=C/C)CCC(=C)CC(CC)(CC)NN=O. The van der Waals surface area contributed by atoms with E-state index in [0.29, 0.717) is 0 Å². The van der Waals surface area contributed by atoms with Gasteiger partial charge >= 0.3 is 0 Å². The zero-order valence-electron chi connectivity index (χ0n) is 12.0. The van der Waals surface area contributed by atoms with E-state index < -0.39 is 0 Å². The topological polar surface area (TPSA) is 41.5 Å². The minimum atomic E-state index is -0.233. The summed E-state index contributed by atoms with van der Waals surface area (Å²) < 4.78 is 0. The van der Waals surface area contributed by atoms with E-state index in [1.54, 1.807) is 0 Å². The van der Waals surface area contributed by atoms with E-state index in [9.17, 15) is 4.91 Å². The molecule has 0 bridgehead atoms. The second-order valence-electron chi connectivity index (χ2n) is 4.69. The van der Waals surface area contributed by atoms with Gasteiger partial charge in [-0.15, -0.1) is 4.91 Å². The normalized spacial score (nSPS) is 12.1. The van der Waals surface area contributed by atoms with Gasteiger partial charge < -0.3 is 0 Å². The molecule has 0 aliphatic rings. The van der Waals surface area contributed by atoms with Crippen molar-refractivity contribution in [3.05, 3.63) is 41.4 Å². The van der Waals surface area contributed by atoms with Crippen molar-refractivity contribution in [2.45, 2.75) is 58.4 Å². The summed E-state index contributed by atoms with van der Waals surface area (Å²) in [6.45, 7) is 14.0. The monoisotopic (exact) mass is 250 g/mol. The third-order valence-electron chi connectivity index (χ3n) is 3.62. The Hall–Kier alpha value is -1.38. The van der Waals surface area contributed by atoms with E-state index in [1.807, 2.05) is 13.0 Å². The second kappa shape index (κ2) is 8.67. The summed E-state index contributed by atoms with van der Waals surface area (Å²) in [4.78, 5) is 10.5. The van der Waals surface area contributed by atoms with E-state index in [-0.39, 0.29) is 5.54 Å². The van der Waals surface area contributed by atoms with E-state index in [1.165, 1.54) is 5.57 Å². The van der Waals surface area contributed by atoms with Crippen molar-refractivity contribution in [3.8, 4) is 0 Å². The molecule has 0 amide bonds. The molecule has 102 valence electrons. The quantitative estimate of drug-likeness (QED) is 0.265. The molecular weight excluding hydrogens is 224 g/mol. The highest BCUT2D eigenvalue weighted by atomic mass is 16.3. The molecule has 0 fully saturated rings. The number of allylic oxidation sites excluding steroid dienone is 3. The first-order valence-electron chi connectivity index (χ1n) is 6.61. The van der Waals surface area contributed by atoms with Crippen molar-refractivity contribution >= 4 is 0 Å². The van der Waals surface area contributed by atoms with Gasteiger partial charge in [-0.25, -0.2) is 0 Å². The maximum atomic E-state index is 10.5.